The predicted octanol–water partition coefficient (Wildman–Crippen LogP) is 4.30. The van der Waals surface area contributed by atoms with Gasteiger partial charge in [0, 0.05) is 24.7 Å². The first kappa shape index (κ1) is 20.7. The van der Waals surface area contributed by atoms with E-state index in [9.17, 15) is 19.3 Å². The molecule has 1 amide bonds. The number of rotatable bonds is 6. The Morgan fingerprint density at radius 1 is 1.28 bits per heavy atom. The molecule has 3 rings (SSSR count). The topological polar surface area (TPSA) is 103 Å². The van der Waals surface area contributed by atoms with Crippen LogP contribution in [0.5, 0.6) is 0 Å². The SMILES string of the molecule is C[C@@H](Sc1nnc(-c2ccc(F)cc2)n1C)C(=O)Nc1ccc([N+](=O)[O-])cc1Cl. The zero-order valence-corrected chi connectivity index (χ0v) is 16.9. The fourth-order valence-corrected chi connectivity index (χ4v) is 3.47. The van der Waals surface area contributed by atoms with E-state index in [4.69, 9.17) is 11.6 Å². The Balaban J connectivity index is 1.70. The van der Waals surface area contributed by atoms with Crippen molar-refractivity contribution in [2.45, 2.75) is 17.3 Å². The van der Waals surface area contributed by atoms with Gasteiger partial charge in [0.25, 0.3) is 5.69 Å². The minimum atomic E-state index is -0.567. The minimum Gasteiger partial charge on any atom is -0.324 e. The van der Waals surface area contributed by atoms with Crippen molar-refractivity contribution in [1.82, 2.24) is 14.8 Å². The smallest absolute Gasteiger partial charge is 0.271 e. The lowest BCUT2D eigenvalue weighted by Gasteiger charge is -2.12. The molecule has 0 unspecified atom stereocenters. The summed E-state index contributed by atoms with van der Waals surface area (Å²) in [6.07, 6.45) is 0. The lowest BCUT2D eigenvalue weighted by Crippen LogP contribution is -2.23. The number of amides is 1. The number of nitro benzene ring substituents is 1. The van der Waals surface area contributed by atoms with Crippen LogP contribution in [0.2, 0.25) is 5.02 Å². The van der Waals surface area contributed by atoms with Crippen LogP contribution in [0.15, 0.2) is 47.6 Å². The number of aromatic nitrogens is 3. The Hall–Kier alpha value is -2.98. The maximum Gasteiger partial charge on any atom is 0.271 e. The molecule has 0 aliphatic carbocycles. The van der Waals surface area contributed by atoms with Gasteiger partial charge in [0.05, 0.1) is 20.9 Å². The standard InChI is InChI=1S/C18H15ClFN5O3S/c1-10(17(26)21-15-8-7-13(25(27)28)9-14(15)19)29-18-23-22-16(24(18)2)11-3-5-12(20)6-4-11/h3-10H,1-2H3,(H,21,26)/t10-/m1/s1. The van der Waals surface area contributed by atoms with Crippen LogP contribution in [-0.4, -0.2) is 30.8 Å². The second kappa shape index (κ2) is 8.58. The number of hydrogen-bond acceptors (Lipinski definition) is 6. The molecule has 11 heteroatoms. The van der Waals surface area contributed by atoms with Crippen molar-refractivity contribution in [3.8, 4) is 11.4 Å². The lowest BCUT2D eigenvalue weighted by atomic mass is 10.2. The Labute approximate surface area is 174 Å². The van der Waals surface area contributed by atoms with Crippen LogP contribution in [0.3, 0.4) is 0 Å². The number of halogens is 2. The van der Waals surface area contributed by atoms with Gasteiger partial charge in [-0.05, 0) is 37.3 Å². The molecule has 1 aromatic heterocycles. The average molecular weight is 436 g/mol. The summed E-state index contributed by atoms with van der Waals surface area (Å²) in [7, 11) is 1.75. The number of nitro groups is 1. The maximum absolute atomic E-state index is 13.1. The van der Waals surface area contributed by atoms with E-state index in [-0.39, 0.29) is 28.1 Å². The molecule has 0 bridgehead atoms. The maximum atomic E-state index is 13.1. The quantitative estimate of drug-likeness (QED) is 0.351. The number of carbonyl (C=O) groups excluding carboxylic acids is 1. The highest BCUT2D eigenvalue weighted by Gasteiger charge is 2.21. The number of nitrogens with one attached hydrogen (secondary N) is 1. The van der Waals surface area contributed by atoms with Gasteiger partial charge in [-0.15, -0.1) is 10.2 Å². The Morgan fingerprint density at radius 2 is 1.97 bits per heavy atom. The third-order valence-electron chi connectivity index (χ3n) is 4.01. The van der Waals surface area contributed by atoms with E-state index in [1.807, 2.05) is 0 Å². The predicted molar refractivity (Wildman–Crippen MR) is 108 cm³/mol. The molecule has 0 saturated carbocycles. The number of non-ortho nitro benzene ring substituents is 1. The third-order valence-corrected chi connectivity index (χ3v) is 5.46. The first-order valence-electron chi connectivity index (χ1n) is 8.33. The summed E-state index contributed by atoms with van der Waals surface area (Å²) in [6, 6.07) is 9.68. The summed E-state index contributed by atoms with van der Waals surface area (Å²) in [5.74, 6) is -0.156. The normalized spacial score (nSPS) is 11.9. The van der Waals surface area contributed by atoms with Gasteiger partial charge < -0.3 is 9.88 Å². The molecule has 3 aromatic rings. The number of benzene rings is 2. The summed E-state index contributed by atoms with van der Waals surface area (Å²) in [6.45, 7) is 1.69. The van der Waals surface area contributed by atoms with Crippen LogP contribution < -0.4 is 5.32 Å². The zero-order valence-electron chi connectivity index (χ0n) is 15.3. The third kappa shape index (κ3) is 4.72. The highest BCUT2D eigenvalue weighted by atomic mass is 35.5. The van der Waals surface area contributed by atoms with E-state index in [1.54, 1.807) is 30.7 Å². The van der Waals surface area contributed by atoms with E-state index >= 15 is 0 Å². The van der Waals surface area contributed by atoms with E-state index in [2.05, 4.69) is 15.5 Å². The van der Waals surface area contributed by atoms with Gasteiger partial charge in [-0.1, -0.05) is 23.4 Å². The molecule has 1 atom stereocenters. The molecule has 150 valence electrons. The highest BCUT2D eigenvalue weighted by molar-refractivity contribution is 8.00. The molecule has 29 heavy (non-hydrogen) atoms. The van der Waals surface area contributed by atoms with Crippen molar-refractivity contribution in [3.63, 3.8) is 0 Å². The lowest BCUT2D eigenvalue weighted by molar-refractivity contribution is -0.384. The molecule has 0 radical (unpaired) electrons. The molecule has 2 aromatic carbocycles. The number of nitrogens with zero attached hydrogens (tertiary/aromatic N) is 4. The van der Waals surface area contributed by atoms with Crippen LogP contribution in [0, 0.1) is 15.9 Å². The summed E-state index contributed by atoms with van der Waals surface area (Å²) < 4.78 is 14.8. The first-order valence-corrected chi connectivity index (χ1v) is 9.59. The van der Waals surface area contributed by atoms with Crippen molar-refractivity contribution in [1.29, 1.82) is 0 Å². The zero-order chi connectivity index (χ0) is 21.1. The van der Waals surface area contributed by atoms with Gasteiger partial charge in [-0.25, -0.2) is 4.39 Å². The van der Waals surface area contributed by atoms with Gasteiger partial charge in [0.15, 0.2) is 11.0 Å². The van der Waals surface area contributed by atoms with Crippen LogP contribution in [0.25, 0.3) is 11.4 Å². The monoisotopic (exact) mass is 435 g/mol. The second-order valence-corrected chi connectivity index (χ2v) is 7.76. The van der Waals surface area contributed by atoms with Crippen molar-refractivity contribution >= 4 is 40.6 Å². The van der Waals surface area contributed by atoms with Crippen molar-refractivity contribution in [3.05, 3.63) is 63.4 Å². The first-order chi connectivity index (χ1) is 13.8. The molecular weight excluding hydrogens is 421 g/mol. The number of carbonyl (C=O) groups is 1. The van der Waals surface area contributed by atoms with Crippen molar-refractivity contribution in [2.75, 3.05) is 5.32 Å². The van der Waals surface area contributed by atoms with Crippen molar-refractivity contribution in [2.24, 2.45) is 7.05 Å². The largest absolute Gasteiger partial charge is 0.324 e. The van der Waals surface area contributed by atoms with E-state index < -0.39 is 10.2 Å². The van der Waals surface area contributed by atoms with Gasteiger partial charge in [0.2, 0.25) is 5.91 Å². The van der Waals surface area contributed by atoms with Crippen LogP contribution in [0.1, 0.15) is 6.92 Å². The van der Waals surface area contributed by atoms with Crippen LogP contribution >= 0.6 is 23.4 Å². The van der Waals surface area contributed by atoms with Gasteiger partial charge in [0.1, 0.15) is 5.82 Å². The van der Waals surface area contributed by atoms with Gasteiger partial charge >= 0.3 is 0 Å². The number of hydrogen-bond donors (Lipinski definition) is 1. The fourth-order valence-electron chi connectivity index (χ4n) is 2.43. The molecule has 0 fully saturated rings. The van der Waals surface area contributed by atoms with E-state index in [0.717, 1.165) is 0 Å². The molecular formula is C18H15ClFN5O3S. The van der Waals surface area contributed by atoms with Crippen LogP contribution in [0.4, 0.5) is 15.8 Å². The van der Waals surface area contributed by atoms with E-state index in [1.165, 1.54) is 42.1 Å². The Morgan fingerprint density at radius 3 is 2.59 bits per heavy atom. The molecule has 1 heterocycles. The minimum absolute atomic E-state index is 0.0713. The molecule has 8 nitrogen and oxygen atoms in total. The summed E-state index contributed by atoms with van der Waals surface area (Å²) >= 11 is 7.19. The Bertz CT molecular complexity index is 1070. The number of thioether (sulfide) groups is 1. The molecule has 0 spiro atoms. The number of anilines is 1. The highest BCUT2D eigenvalue weighted by Crippen LogP contribution is 2.29. The van der Waals surface area contributed by atoms with Crippen molar-refractivity contribution < 1.29 is 14.1 Å². The van der Waals surface area contributed by atoms with E-state index in [0.29, 0.717) is 16.5 Å². The summed E-state index contributed by atoms with van der Waals surface area (Å²) in [5.41, 5.74) is 0.811. The average Bonchev–Trinajstić information content (AvgIpc) is 3.04. The molecule has 0 aliphatic rings. The van der Waals surface area contributed by atoms with Gasteiger partial charge in [-0.3, -0.25) is 14.9 Å². The molecule has 0 saturated heterocycles. The summed E-state index contributed by atoms with van der Waals surface area (Å²) in [4.78, 5) is 22.7. The second-order valence-electron chi connectivity index (χ2n) is 6.04. The summed E-state index contributed by atoms with van der Waals surface area (Å²) in [5, 5.41) is 21.6. The fraction of sp³-hybridized carbons (Fsp3) is 0.167. The van der Waals surface area contributed by atoms with Crippen LogP contribution in [-0.2, 0) is 11.8 Å². The molecule has 1 N–H and O–H groups in total. The van der Waals surface area contributed by atoms with Gasteiger partial charge in [-0.2, -0.15) is 0 Å². The molecule has 0 aliphatic heterocycles. The Kier molecular flexibility index (Phi) is 6.14.